The third kappa shape index (κ3) is 4.46. The molecule has 1 aliphatic carbocycles. The number of sulfonamides is 1. The fourth-order valence-electron chi connectivity index (χ4n) is 6.61. The van der Waals surface area contributed by atoms with Crippen molar-refractivity contribution >= 4 is 10.0 Å². The Labute approximate surface area is 252 Å². The monoisotopic (exact) mass is 587 g/mol. The second-order valence-corrected chi connectivity index (χ2v) is 12.6. The Bertz CT molecular complexity index is 1780. The number of benzene rings is 3. The molecule has 9 heteroatoms. The van der Waals surface area contributed by atoms with Crippen molar-refractivity contribution in [2.45, 2.75) is 43.2 Å². The van der Waals surface area contributed by atoms with E-state index in [1.54, 1.807) is 55.5 Å². The van der Waals surface area contributed by atoms with E-state index >= 15 is 0 Å². The van der Waals surface area contributed by atoms with E-state index < -0.39 is 44.8 Å². The lowest BCUT2D eigenvalue weighted by molar-refractivity contribution is -0.0508. The van der Waals surface area contributed by atoms with Gasteiger partial charge in [-0.05, 0) is 43.0 Å². The Morgan fingerprint density at radius 3 is 1.86 bits per heavy atom. The first-order chi connectivity index (χ1) is 20.7. The summed E-state index contributed by atoms with van der Waals surface area (Å²) in [6.45, 7) is 3.83. The molecular weight excluding hydrogens is 558 g/mol. The number of ether oxygens (including phenoxy) is 1. The minimum absolute atomic E-state index is 0.0220. The molecule has 0 spiro atoms. The molecule has 0 radical (unpaired) electrons. The Morgan fingerprint density at radius 1 is 0.814 bits per heavy atom. The second-order valence-electron chi connectivity index (χ2n) is 10.8. The normalized spacial score (nSPS) is 23.8. The maximum Gasteiger partial charge on any atom is 0.266 e. The molecule has 3 aromatic carbocycles. The molecule has 8 nitrogen and oxygen atoms in total. The highest BCUT2D eigenvalue weighted by atomic mass is 32.2. The third-order valence-electron chi connectivity index (χ3n) is 8.61. The average molecular weight is 588 g/mol. The van der Waals surface area contributed by atoms with Crippen molar-refractivity contribution in [2.75, 3.05) is 6.61 Å². The Morgan fingerprint density at radius 2 is 1.35 bits per heavy atom. The maximum atomic E-state index is 14.5. The van der Waals surface area contributed by atoms with Crippen LogP contribution in [0.25, 0.3) is 0 Å². The van der Waals surface area contributed by atoms with Crippen molar-refractivity contribution in [1.29, 1.82) is 21.0 Å². The number of hydrogen-bond acceptors (Lipinski definition) is 7. The summed E-state index contributed by atoms with van der Waals surface area (Å²) >= 11 is 0. The van der Waals surface area contributed by atoms with E-state index in [1.165, 1.54) is 16.4 Å². The van der Waals surface area contributed by atoms with Crippen LogP contribution in [0.15, 0.2) is 102 Å². The standard InChI is InChI=1S/C34H29N5O3S/c1-3-42-31-18-28(25-10-6-4-7-11-25)32-30(39(31)43(40,41)27-16-14-24(2)15-17-27)19-29(26-12-8-5-9-13-26)33(20-35,21-36)34(32,22-37)23-38/h4-17,19,28-29,31-32H,3,18H2,1-2H3/t28-,29-,31-,32-/m1/s1. The van der Waals surface area contributed by atoms with E-state index in [0.29, 0.717) is 5.56 Å². The Balaban J connectivity index is 1.91. The van der Waals surface area contributed by atoms with E-state index in [-0.39, 0.29) is 23.6 Å². The largest absolute Gasteiger partial charge is 0.358 e. The number of hydrogen-bond donors (Lipinski definition) is 0. The summed E-state index contributed by atoms with van der Waals surface area (Å²) in [7, 11) is -4.29. The highest BCUT2D eigenvalue weighted by molar-refractivity contribution is 7.89. The third-order valence-corrected chi connectivity index (χ3v) is 10.4. The number of allylic oxidation sites excluding steroid dienone is 2. The first-order valence-corrected chi connectivity index (χ1v) is 15.4. The number of piperidine rings is 1. The maximum absolute atomic E-state index is 14.5. The molecule has 0 bridgehead atoms. The van der Waals surface area contributed by atoms with Crippen LogP contribution in [0, 0.1) is 69.0 Å². The summed E-state index contributed by atoms with van der Waals surface area (Å²) in [6, 6.07) is 32.7. The molecule has 2 aliphatic rings. The SMILES string of the molecule is CCO[C@@H]1C[C@H](c2ccccc2)[C@@H]2C(=C[C@H](c3ccccc3)C(C#N)(C#N)C2(C#N)C#N)N1S(=O)(=O)c1ccc(C)cc1. The predicted octanol–water partition coefficient (Wildman–Crippen LogP) is 5.90. The van der Waals surface area contributed by atoms with Gasteiger partial charge in [0.2, 0.25) is 0 Å². The molecule has 0 amide bonds. The van der Waals surface area contributed by atoms with Gasteiger partial charge < -0.3 is 4.74 Å². The van der Waals surface area contributed by atoms with Crippen molar-refractivity contribution in [2.24, 2.45) is 16.7 Å². The van der Waals surface area contributed by atoms with Crippen LogP contribution in [0.3, 0.4) is 0 Å². The molecule has 0 N–H and O–H groups in total. The van der Waals surface area contributed by atoms with E-state index in [0.717, 1.165) is 11.1 Å². The van der Waals surface area contributed by atoms with Crippen LogP contribution in [0.1, 0.15) is 41.9 Å². The van der Waals surface area contributed by atoms with Gasteiger partial charge >= 0.3 is 0 Å². The van der Waals surface area contributed by atoms with Crippen molar-refractivity contribution in [3.63, 3.8) is 0 Å². The molecule has 1 aliphatic heterocycles. The molecule has 4 atom stereocenters. The molecule has 3 aromatic rings. The van der Waals surface area contributed by atoms with Crippen molar-refractivity contribution in [3.8, 4) is 24.3 Å². The lowest BCUT2D eigenvalue weighted by Gasteiger charge is -2.55. The molecule has 0 aromatic heterocycles. The van der Waals surface area contributed by atoms with Gasteiger partial charge in [-0.1, -0.05) is 84.4 Å². The zero-order valence-electron chi connectivity index (χ0n) is 23.8. The Kier molecular flexibility index (Phi) is 7.83. The molecule has 0 unspecified atom stereocenters. The van der Waals surface area contributed by atoms with Crippen LogP contribution in [0.5, 0.6) is 0 Å². The van der Waals surface area contributed by atoms with Gasteiger partial charge in [0, 0.05) is 30.6 Å². The van der Waals surface area contributed by atoms with Crippen LogP contribution < -0.4 is 0 Å². The summed E-state index contributed by atoms with van der Waals surface area (Å²) < 4.78 is 36.3. The Hall–Kier alpha value is -4.93. The summed E-state index contributed by atoms with van der Waals surface area (Å²) in [5.41, 5.74) is -2.11. The first kappa shape index (κ1) is 29.6. The highest BCUT2D eigenvalue weighted by Crippen LogP contribution is 2.64. The fraction of sp³-hybridized carbons (Fsp3) is 0.294. The smallest absolute Gasteiger partial charge is 0.266 e. The first-order valence-electron chi connectivity index (χ1n) is 13.9. The van der Waals surface area contributed by atoms with Gasteiger partial charge in [-0.15, -0.1) is 0 Å². The summed E-state index contributed by atoms with van der Waals surface area (Å²) in [5, 5.41) is 43.3. The molecule has 43 heavy (non-hydrogen) atoms. The number of fused-ring (bicyclic) bond motifs is 1. The minimum atomic E-state index is -4.29. The highest BCUT2D eigenvalue weighted by Gasteiger charge is 2.70. The lowest BCUT2D eigenvalue weighted by Crippen LogP contribution is -2.59. The predicted molar refractivity (Wildman–Crippen MR) is 157 cm³/mol. The lowest BCUT2D eigenvalue weighted by atomic mass is 9.47. The van der Waals surface area contributed by atoms with Gasteiger partial charge in [-0.25, -0.2) is 12.7 Å². The molecule has 1 fully saturated rings. The molecular formula is C34H29N5O3S. The zero-order valence-corrected chi connectivity index (χ0v) is 24.6. The van der Waals surface area contributed by atoms with Gasteiger partial charge in [-0.2, -0.15) is 21.0 Å². The van der Waals surface area contributed by atoms with Gasteiger partial charge in [0.1, 0.15) is 6.23 Å². The fourth-order valence-corrected chi connectivity index (χ4v) is 8.22. The molecule has 5 rings (SSSR count). The van der Waals surface area contributed by atoms with Gasteiger partial charge in [-0.3, -0.25) is 0 Å². The minimum Gasteiger partial charge on any atom is -0.358 e. The van der Waals surface area contributed by atoms with Crippen LogP contribution in [-0.4, -0.2) is 25.6 Å². The molecule has 214 valence electrons. The van der Waals surface area contributed by atoms with Gasteiger partial charge in [0.05, 0.1) is 29.2 Å². The molecule has 1 saturated heterocycles. The topological polar surface area (TPSA) is 142 Å². The second kappa shape index (κ2) is 11.4. The molecule has 0 saturated carbocycles. The average Bonchev–Trinajstić information content (AvgIpc) is 3.04. The van der Waals surface area contributed by atoms with Gasteiger partial charge in [0.15, 0.2) is 10.8 Å². The number of nitriles is 4. The van der Waals surface area contributed by atoms with E-state index in [4.69, 9.17) is 4.74 Å². The van der Waals surface area contributed by atoms with Crippen molar-refractivity contribution in [1.82, 2.24) is 4.31 Å². The summed E-state index contributed by atoms with van der Waals surface area (Å²) in [5.74, 6) is -2.87. The van der Waals surface area contributed by atoms with Crippen LogP contribution in [-0.2, 0) is 14.8 Å². The summed E-state index contributed by atoms with van der Waals surface area (Å²) in [4.78, 5) is 0.0220. The summed E-state index contributed by atoms with van der Waals surface area (Å²) in [6.07, 6.45) is 0.720. The van der Waals surface area contributed by atoms with E-state index in [2.05, 4.69) is 24.3 Å². The zero-order chi connectivity index (χ0) is 30.8. The number of nitrogens with zero attached hydrogens (tertiary/aromatic N) is 5. The van der Waals surface area contributed by atoms with Crippen molar-refractivity contribution in [3.05, 3.63) is 113 Å². The quantitative estimate of drug-likeness (QED) is 0.349. The van der Waals surface area contributed by atoms with Crippen LogP contribution in [0.4, 0.5) is 0 Å². The van der Waals surface area contributed by atoms with E-state index in [1.807, 2.05) is 37.3 Å². The van der Waals surface area contributed by atoms with Crippen molar-refractivity contribution < 1.29 is 13.2 Å². The number of aryl methyl sites for hydroxylation is 1. The van der Waals surface area contributed by atoms with Gasteiger partial charge in [0.25, 0.3) is 10.0 Å². The van der Waals surface area contributed by atoms with Crippen LogP contribution in [0.2, 0.25) is 0 Å². The number of rotatable bonds is 6. The molecule has 1 heterocycles. The van der Waals surface area contributed by atoms with Crippen LogP contribution >= 0.6 is 0 Å². The van der Waals surface area contributed by atoms with E-state index in [9.17, 15) is 29.5 Å².